The highest BCUT2D eigenvalue weighted by Gasteiger charge is 2.07. The SMILES string of the molecule is Cc1nn(-c2ncc(C=O)cn2)cc1C#N. The van der Waals surface area contributed by atoms with Crippen molar-refractivity contribution in [2.45, 2.75) is 6.92 Å². The van der Waals surface area contributed by atoms with Crippen LogP contribution >= 0.6 is 0 Å². The lowest BCUT2D eigenvalue weighted by Gasteiger charge is -1.97. The van der Waals surface area contributed by atoms with Gasteiger partial charge in [-0.05, 0) is 6.92 Å². The van der Waals surface area contributed by atoms with Gasteiger partial charge in [0, 0.05) is 12.4 Å². The highest BCUT2D eigenvalue weighted by molar-refractivity contribution is 5.73. The van der Waals surface area contributed by atoms with Crippen LogP contribution in [0.15, 0.2) is 18.6 Å². The van der Waals surface area contributed by atoms with Gasteiger partial charge in [0.05, 0.1) is 23.0 Å². The van der Waals surface area contributed by atoms with Crippen molar-refractivity contribution in [2.24, 2.45) is 0 Å². The van der Waals surface area contributed by atoms with E-state index >= 15 is 0 Å². The average Bonchev–Trinajstić information content (AvgIpc) is 2.71. The van der Waals surface area contributed by atoms with E-state index in [1.54, 1.807) is 13.1 Å². The predicted molar refractivity (Wildman–Crippen MR) is 54.0 cm³/mol. The molecular formula is C10H7N5O. The number of carbonyl (C=O) groups excluding carboxylic acids is 1. The maximum Gasteiger partial charge on any atom is 0.250 e. The molecule has 2 rings (SSSR count). The molecule has 0 aliphatic heterocycles. The Morgan fingerprint density at radius 1 is 1.44 bits per heavy atom. The van der Waals surface area contributed by atoms with Gasteiger partial charge in [0.25, 0.3) is 5.95 Å². The number of aryl methyl sites for hydroxylation is 1. The number of aldehydes is 1. The topological polar surface area (TPSA) is 84.5 Å². The fourth-order valence-electron chi connectivity index (χ4n) is 1.18. The zero-order chi connectivity index (χ0) is 11.5. The predicted octanol–water partition coefficient (Wildman–Crippen LogP) is 0.655. The van der Waals surface area contributed by atoms with E-state index in [4.69, 9.17) is 5.26 Å². The summed E-state index contributed by atoms with van der Waals surface area (Å²) in [6.07, 6.45) is 5.01. The van der Waals surface area contributed by atoms with Crippen molar-refractivity contribution in [1.29, 1.82) is 5.26 Å². The molecule has 0 fully saturated rings. The minimum atomic E-state index is 0.329. The van der Waals surface area contributed by atoms with Gasteiger partial charge in [0.15, 0.2) is 6.29 Å². The third-order valence-corrected chi connectivity index (χ3v) is 2.02. The second-order valence-electron chi connectivity index (χ2n) is 3.12. The van der Waals surface area contributed by atoms with Crippen molar-refractivity contribution in [1.82, 2.24) is 19.7 Å². The molecule has 2 heterocycles. The maximum atomic E-state index is 10.4. The third kappa shape index (κ3) is 1.66. The molecule has 0 N–H and O–H groups in total. The summed E-state index contributed by atoms with van der Waals surface area (Å²) in [6.45, 7) is 1.73. The summed E-state index contributed by atoms with van der Waals surface area (Å²) >= 11 is 0. The van der Waals surface area contributed by atoms with E-state index in [2.05, 4.69) is 15.1 Å². The molecule has 0 aromatic carbocycles. The summed E-state index contributed by atoms with van der Waals surface area (Å²) in [5.41, 5.74) is 1.49. The van der Waals surface area contributed by atoms with Gasteiger partial charge < -0.3 is 0 Å². The van der Waals surface area contributed by atoms with E-state index in [-0.39, 0.29) is 0 Å². The number of nitrogens with zero attached hydrogens (tertiary/aromatic N) is 5. The monoisotopic (exact) mass is 213 g/mol. The van der Waals surface area contributed by atoms with E-state index in [0.717, 1.165) is 0 Å². The van der Waals surface area contributed by atoms with Crippen molar-refractivity contribution in [2.75, 3.05) is 0 Å². The number of aromatic nitrogens is 4. The molecule has 78 valence electrons. The molecule has 16 heavy (non-hydrogen) atoms. The lowest BCUT2D eigenvalue weighted by molar-refractivity contribution is 0.112. The normalized spacial score (nSPS) is 9.75. The summed E-state index contributed by atoms with van der Waals surface area (Å²) in [6, 6.07) is 2.01. The molecule has 6 nitrogen and oxygen atoms in total. The summed E-state index contributed by atoms with van der Waals surface area (Å²) in [4.78, 5) is 18.3. The zero-order valence-corrected chi connectivity index (χ0v) is 8.45. The standard InChI is InChI=1S/C10H7N5O/c1-7-9(2-11)5-15(14-7)10-12-3-8(6-16)4-13-10/h3-6H,1H3. The van der Waals surface area contributed by atoms with Crippen LogP contribution in [0.25, 0.3) is 5.95 Å². The molecule has 2 aromatic rings. The van der Waals surface area contributed by atoms with Gasteiger partial charge in [-0.2, -0.15) is 10.4 Å². The van der Waals surface area contributed by atoms with Crippen LogP contribution in [0.4, 0.5) is 0 Å². The first-order valence-electron chi connectivity index (χ1n) is 4.48. The highest BCUT2D eigenvalue weighted by Crippen LogP contribution is 2.07. The van der Waals surface area contributed by atoms with E-state index in [9.17, 15) is 4.79 Å². The molecule has 0 unspecified atom stereocenters. The Bertz CT molecular complexity index is 564. The molecule has 0 saturated carbocycles. The van der Waals surface area contributed by atoms with Crippen LogP contribution in [-0.4, -0.2) is 26.0 Å². The van der Waals surface area contributed by atoms with Crippen molar-refractivity contribution in [3.05, 3.63) is 35.4 Å². The molecule has 0 radical (unpaired) electrons. The molecule has 6 heteroatoms. The quantitative estimate of drug-likeness (QED) is 0.684. The van der Waals surface area contributed by atoms with Gasteiger partial charge in [-0.25, -0.2) is 14.6 Å². The summed E-state index contributed by atoms with van der Waals surface area (Å²) < 4.78 is 1.41. The summed E-state index contributed by atoms with van der Waals surface area (Å²) in [5.74, 6) is 0.329. The molecule has 0 spiro atoms. The van der Waals surface area contributed by atoms with Crippen molar-refractivity contribution >= 4 is 6.29 Å². The smallest absolute Gasteiger partial charge is 0.250 e. The summed E-state index contributed by atoms with van der Waals surface area (Å²) in [5, 5.41) is 12.9. The fraction of sp³-hybridized carbons (Fsp3) is 0.100. The molecule has 0 saturated heterocycles. The lowest BCUT2D eigenvalue weighted by atomic mass is 10.3. The third-order valence-electron chi connectivity index (χ3n) is 2.02. The fourth-order valence-corrected chi connectivity index (χ4v) is 1.18. The van der Waals surface area contributed by atoms with Gasteiger partial charge in [0.1, 0.15) is 6.07 Å². The van der Waals surface area contributed by atoms with Gasteiger partial charge in [-0.3, -0.25) is 4.79 Å². The number of carbonyl (C=O) groups is 1. The van der Waals surface area contributed by atoms with Crippen molar-refractivity contribution in [3.8, 4) is 12.0 Å². The second kappa shape index (κ2) is 3.90. The number of rotatable bonds is 2. The Morgan fingerprint density at radius 2 is 2.12 bits per heavy atom. The number of hydrogen-bond donors (Lipinski definition) is 0. The van der Waals surface area contributed by atoms with E-state index in [1.165, 1.54) is 17.1 Å². The Hall–Kier alpha value is -2.55. The molecule has 0 aliphatic rings. The number of nitriles is 1. The van der Waals surface area contributed by atoms with Crippen LogP contribution in [0, 0.1) is 18.3 Å². The van der Waals surface area contributed by atoms with Gasteiger partial charge in [-0.15, -0.1) is 0 Å². The molecule has 0 atom stereocenters. The van der Waals surface area contributed by atoms with Crippen LogP contribution in [0.1, 0.15) is 21.6 Å². The first-order valence-corrected chi connectivity index (χ1v) is 4.48. The molecular weight excluding hydrogens is 206 g/mol. The van der Waals surface area contributed by atoms with E-state index in [0.29, 0.717) is 29.1 Å². The summed E-state index contributed by atoms with van der Waals surface area (Å²) in [7, 11) is 0. The van der Waals surface area contributed by atoms with Crippen molar-refractivity contribution in [3.63, 3.8) is 0 Å². The van der Waals surface area contributed by atoms with Gasteiger partial charge >= 0.3 is 0 Å². The maximum absolute atomic E-state index is 10.4. The average molecular weight is 213 g/mol. The highest BCUT2D eigenvalue weighted by atomic mass is 16.1. The van der Waals surface area contributed by atoms with Crippen molar-refractivity contribution < 1.29 is 4.79 Å². The van der Waals surface area contributed by atoms with E-state index < -0.39 is 0 Å². The van der Waals surface area contributed by atoms with Crippen LogP contribution in [-0.2, 0) is 0 Å². The van der Waals surface area contributed by atoms with Crippen LogP contribution < -0.4 is 0 Å². The Kier molecular flexibility index (Phi) is 2.44. The zero-order valence-electron chi connectivity index (χ0n) is 8.45. The van der Waals surface area contributed by atoms with Crippen LogP contribution in [0.2, 0.25) is 0 Å². The second-order valence-corrected chi connectivity index (χ2v) is 3.12. The first-order chi connectivity index (χ1) is 7.74. The minimum absolute atomic E-state index is 0.329. The van der Waals surface area contributed by atoms with Crippen LogP contribution in [0.3, 0.4) is 0 Å². The number of hydrogen-bond acceptors (Lipinski definition) is 5. The lowest BCUT2D eigenvalue weighted by Crippen LogP contribution is -2.02. The van der Waals surface area contributed by atoms with E-state index in [1.807, 2.05) is 6.07 Å². The van der Waals surface area contributed by atoms with Gasteiger partial charge in [-0.1, -0.05) is 0 Å². The Balaban J connectivity index is 2.43. The van der Waals surface area contributed by atoms with Gasteiger partial charge in [0.2, 0.25) is 0 Å². The Morgan fingerprint density at radius 3 is 2.62 bits per heavy atom. The van der Waals surface area contributed by atoms with Crippen LogP contribution in [0.5, 0.6) is 0 Å². The largest absolute Gasteiger partial charge is 0.298 e. The minimum Gasteiger partial charge on any atom is -0.298 e. The molecule has 0 amide bonds. The first kappa shape index (κ1) is 9.98. The molecule has 0 bridgehead atoms. The molecule has 0 aliphatic carbocycles. The molecule has 2 aromatic heterocycles. The Labute approximate surface area is 91.2 Å².